The first-order chi connectivity index (χ1) is 5.70. The Hall–Kier alpha value is -0.980. The summed E-state index contributed by atoms with van der Waals surface area (Å²) < 4.78 is 0. The minimum absolute atomic E-state index is 0.813. The summed E-state index contributed by atoms with van der Waals surface area (Å²) in [6.45, 7) is 4.20. The van der Waals surface area contributed by atoms with Crippen LogP contribution in [0.2, 0.25) is 0 Å². The third-order valence-corrected chi connectivity index (χ3v) is 2.79. The first-order valence-corrected chi connectivity index (χ1v) is 4.55. The monoisotopic (exact) mass is 161 g/mol. The molecule has 2 rings (SSSR count). The van der Waals surface area contributed by atoms with Crippen molar-refractivity contribution in [1.29, 1.82) is 0 Å². The zero-order valence-corrected chi connectivity index (χ0v) is 7.72. The van der Waals surface area contributed by atoms with Crippen LogP contribution in [-0.4, -0.2) is 0 Å². The van der Waals surface area contributed by atoms with Crippen molar-refractivity contribution in [1.82, 2.24) is 0 Å². The lowest BCUT2D eigenvalue weighted by atomic mass is 10.00. The quantitative estimate of drug-likeness (QED) is 0.630. The van der Waals surface area contributed by atoms with E-state index in [2.05, 4.69) is 26.0 Å². The molecule has 12 heavy (non-hydrogen) atoms. The van der Waals surface area contributed by atoms with Crippen LogP contribution >= 0.6 is 0 Å². The summed E-state index contributed by atoms with van der Waals surface area (Å²) in [5.74, 6) is 0.813. The lowest BCUT2D eigenvalue weighted by Crippen LogP contribution is -1.97. The minimum Gasteiger partial charge on any atom is -0.398 e. The summed E-state index contributed by atoms with van der Waals surface area (Å²) in [4.78, 5) is 0. The van der Waals surface area contributed by atoms with Gasteiger partial charge < -0.3 is 5.73 Å². The van der Waals surface area contributed by atoms with E-state index in [1.54, 1.807) is 0 Å². The first kappa shape index (κ1) is 7.66. The van der Waals surface area contributed by atoms with Crippen LogP contribution in [0, 0.1) is 13.8 Å². The lowest BCUT2D eigenvalue weighted by molar-refractivity contribution is 1.10. The second kappa shape index (κ2) is 2.51. The summed E-state index contributed by atoms with van der Waals surface area (Å²) in [7, 11) is 0. The van der Waals surface area contributed by atoms with Crippen molar-refractivity contribution in [3.05, 3.63) is 28.8 Å². The zero-order chi connectivity index (χ0) is 8.72. The average Bonchev–Trinajstić information content (AvgIpc) is 2.84. The van der Waals surface area contributed by atoms with Gasteiger partial charge in [0.1, 0.15) is 0 Å². The van der Waals surface area contributed by atoms with Gasteiger partial charge in [0.2, 0.25) is 0 Å². The molecule has 0 bridgehead atoms. The summed E-state index contributed by atoms with van der Waals surface area (Å²) >= 11 is 0. The van der Waals surface area contributed by atoms with Gasteiger partial charge in [0.25, 0.3) is 0 Å². The van der Waals surface area contributed by atoms with Gasteiger partial charge >= 0.3 is 0 Å². The van der Waals surface area contributed by atoms with Gasteiger partial charge in [-0.05, 0) is 49.3 Å². The predicted octanol–water partition coefficient (Wildman–Crippen LogP) is 2.76. The van der Waals surface area contributed by atoms with Gasteiger partial charge in [0.05, 0.1) is 0 Å². The van der Waals surface area contributed by atoms with Gasteiger partial charge in [0.15, 0.2) is 0 Å². The zero-order valence-electron chi connectivity index (χ0n) is 7.72. The molecular formula is C11H15N. The van der Waals surface area contributed by atoms with Gasteiger partial charge in [-0.3, -0.25) is 0 Å². The van der Waals surface area contributed by atoms with Crippen molar-refractivity contribution in [3.63, 3.8) is 0 Å². The van der Waals surface area contributed by atoms with Gasteiger partial charge in [-0.1, -0.05) is 12.1 Å². The molecule has 0 heterocycles. The smallest absolute Gasteiger partial charge is 0.0376 e. The number of nitrogens with two attached hydrogens (primary N) is 1. The normalized spacial score (nSPS) is 16.5. The van der Waals surface area contributed by atoms with Crippen molar-refractivity contribution in [2.24, 2.45) is 0 Å². The molecule has 0 unspecified atom stereocenters. The summed E-state index contributed by atoms with van der Waals surface area (Å²) in [6.07, 6.45) is 2.70. The molecule has 1 saturated carbocycles. The number of aryl methyl sites for hydroxylation is 1. The van der Waals surface area contributed by atoms with Crippen LogP contribution in [0.3, 0.4) is 0 Å². The summed E-state index contributed by atoms with van der Waals surface area (Å²) in [5, 5.41) is 0. The number of nitrogen functional groups attached to an aromatic ring is 1. The van der Waals surface area contributed by atoms with Gasteiger partial charge in [-0.15, -0.1) is 0 Å². The molecule has 0 saturated heterocycles. The van der Waals surface area contributed by atoms with E-state index in [1.165, 1.54) is 29.5 Å². The number of benzene rings is 1. The molecule has 0 spiro atoms. The number of hydrogen-bond donors (Lipinski definition) is 1. The van der Waals surface area contributed by atoms with Crippen molar-refractivity contribution in [2.45, 2.75) is 32.6 Å². The Morgan fingerprint density at radius 1 is 1.25 bits per heavy atom. The van der Waals surface area contributed by atoms with E-state index in [9.17, 15) is 0 Å². The maximum Gasteiger partial charge on any atom is 0.0376 e. The fraction of sp³-hybridized carbons (Fsp3) is 0.455. The van der Waals surface area contributed by atoms with Crippen LogP contribution in [0.15, 0.2) is 12.1 Å². The highest BCUT2D eigenvalue weighted by Crippen LogP contribution is 2.42. The molecule has 64 valence electrons. The summed E-state index contributed by atoms with van der Waals surface area (Å²) in [6, 6.07) is 4.37. The molecule has 0 atom stereocenters. The Morgan fingerprint density at radius 2 is 1.92 bits per heavy atom. The van der Waals surface area contributed by atoms with Crippen molar-refractivity contribution < 1.29 is 0 Å². The number of hydrogen-bond acceptors (Lipinski definition) is 1. The fourth-order valence-corrected chi connectivity index (χ4v) is 1.72. The molecule has 0 aromatic heterocycles. The minimum atomic E-state index is 0.813. The van der Waals surface area contributed by atoms with Crippen molar-refractivity contribution in [2.75, 3.05) is 5.73 Å². The van der Waals surface area contributed by atoms with E-state index in [-0.39, 0.29) is 0 Å². The number of anilines is 1. The van der Waals surface area contributed by atoms with E-state index >= 15 is 0 Å². The number of rotatable bonds is 1. The second-order valence-electron chi connectivity index (χ2n) is 3.78. The SMILES string of the molecule is Cc1ccc(C2CC2)c(C)c1N. The van der Waals surface area contributed by atoms with Crippen LogP contribution in [0.1, 0.15) is 35.4 Å². The molecule has 0 radical (unpaired) electrons. The van der Waals surface area contributed by atoms with E-state index in [1.807, 2.05) is 0 Å². The molecule has 1 aromatic carbocycles. The van der Waals surface area contributed by atoms with E-state index in [4.69, 9.17) is 5.73 Å². The molecular weight excluding hydrogens is 146 g/mol. The maximum absolute atomic E-state index is 5.95. The second-order valence-corrected chi connectivity index (χ2v) is 3.78. The van der Waals surface area contributed by atoms with Crippen molar-refractivity contribution >= 4 is 5.69 Å². The Balaban J connectivity index is 2.49. The van der Waals surface area contributed by atoms with Crippen LogP contribution in [0.25, 0.3) is 0 Å². The Labute approximate surface area is 73.6 Å². The highest BCUT2D eigenvalue weighted by molar-refractivity contribution is 5.57. The molecule has 0 aliphatic heterocycles. The van der Waals surface area contributed by atoms with Crippen LogP contribution in [0.5, 0.6) is 0 Å². The highest BCUT2D eigenvalue weighted by atomic mass is 14.6. The average molecular weight is 161 g/mol. The highest BCUT2D eigenvalue weighted by Gasteiger charge is 2.25. The topological polar surface area (TPSA) is 26.0 Å². The maximum atomic E-state index is 5.95. The largest absolute Gasteiger partial charge is 0.398 e. The molecule has 1 aliphatic rings. The third kappa shape index (κ3) is 1.09. The van der Waals surface area contributed by atoms with E-state index in [0.29, 0.717) is 0 Å². The Morgan fingerprint density at radius 3 is 2.50 bits per heavy atom. The Bertz CT molecular complexity index is 311. The van der Waals surface area contributed by atoms with Crippen LogP contribution in [-0.2, 0) is 0 Å². The predicted molar refractivity (Wildman–Crippen MR) is 52.3 cm³/mol. The van der Waals surface area contributed by atoms with Gasteiger partial charge in [-0.25, -0.2) is 0 Å². The molecule has 1 heteroatoms. The van der Waals surface area contributed by atoms with Gasteiger partial charge in [-0.2, -0.15) is 0 Å². The van der Waals surface area contributed by atoms with Crippen LogP contribution < -0.4 is 5.73 Å². The standard InChI is InChI=1S/C11H15N/c1-7-3-6-10(9-4-5-9)8(2)11(7)12/h3,6,9H,4-5,12H2,1-2H3. The molecule has 1 aliphatic carbocycles. The molecule has 2 N–H and O–H groups in total. The molecule has 1 nitrogen and oxygen atoms in total. The molecule has 1 aromatic rings. The van der Waals surface area contributed by atoms with E-state index < -0.39 is 0 Å². The van der Waals surface area contributed by atoms with E-state index in [0.717, 1.165) is 11.6 Å². The molecule has 1 fully saturated rings. The molecule has 0 amide bonds. The Kier molecular flexibility index (Phi) is 1.60. The third-order valence-electron chi connectivity index (χ3n) is 2.79. The fourth-order valence-electron chi connectivity index (χ4n) is 1.72. The summed E-state index contributed by atoms with van der Waals surface area (Å²) in [5.41, 5.74) is 10.9. The lowest BCUT2D eigenvalue weighted by Gasteiger charge is -2.09. The van der Waals surface area contributed by atoms with Gasteiger partial charge in [0, 0.05) is 5.69 Å². The van der Waals surface area contributed by atoms with Crippen LogP contribution in [0.4, 0.5) is 5.69 Å². The van der Waals surface area contributed by atoms with Crippen molar-refractivity contribution in [3.8, 4) is 0 Å². The first-order valence-electron chi connectivity index (χ1n) is 4.55.